The van der Waals surface area contributed by atoms with Gasteiger partial charge in [-0.25, -0.2) is 13.5 Å². The zero-order chi connectivity index (χ0) is 13.2. The molecule has 0 aliphatic carbocycles. The Labute approximate surface area is 158 Å². The molecule has 0 bridgehead atoms. The van der Waals surface area contributed by atoms with Crippen molar-refractivity contribution < 1.29 is 59.8 Å². The van der Waals surface area contributed by atoms with Gasteiger partial charge in [0.25, 0.3) is 0 Å². The fourth-order valence-corrected chi connectivity index (χ4v) is 2.20. The minimum atomic E-state index is -3.82. The van der Waals surface area contributed by atoms with Crippen molar-refractivity contribution in [1.29, 1.82) is 0 Å². The number of aromatic nitrogens is 2. The van der Waals surface area contributed by atoms with Crippen molar-refractivity contribution in [1.82, 2.24) is 10.2 Å². The summed E-state index contributed by atoms with van der Waals surface area (Å²) in [5.41, 5.74) is 5.95. The van der Waals surface area contributed by atoms with Gasteiger partial charge in [-0.15, -0.1) is 0 Å². The summed E-state index contributed by atoms with van der Waals surface area (Å²) in [6, 6.07) is 8.48. The number of hydrogen-bond donors (Lipinski definition) is 1. The molecule has 1 aromatic carbocycles. The average molecular weight is 323 g/mol. The zero-order valence-electron chi connectivity index (χ0n) is 9.99. The van der Waals surface area contributed by atoms with Crippen LogP contribution in [0.3, 0.4) is 0 Å². The molecule has 1 heterocycles. The molecule has 0 spiro atoms. The van der Waals surface area contributed by atoms with Crippen molar-refractivity contribution in [3.8, 4) is 0 Å². The molecular formula is C10H8ClKN4O2S. The summed E-state index contributed by atoms with van der Waals surface area (Å²) < 4.78 is 27.3. The van der Waals surface area contributed by atoms with E-state index in [2.05, 4.69) is 14.9 Å². The van der Waals surface area contributed by atoms with Gasteiger partial charge in [-0.2, -0.15) is 0 Å². The van der Waals surface area contributed by atoms with Crippen LogP contribution in [0.2, 0.25) is 5.15 Å². The van der Waals surface area contributed by atoms with Gasteiger partial charge in [0.05, 0.1) is 4.90 Å². The van der Waals surface area contributed by atoms with E-state index in [1.54, 1.807) is 0 Å². The van der Waals surface area contributed by atoms with E-state index in [1.807, 2.05) is 0 Å². The number of benzene rings is 1. The van der Waals surface area contributed by atoms with E-state index >= 15 is 0 Å². The number of sulfonamides is 1. The molecule has 0 saturated heterocycles. The van der Waals surface area contributed by atoms with Crippen molar-refractivity contribution in [3.63, 3.8) is 0 Å². The summed E-state index contributed by atoms with van der Waals surface area (Å²) >= 11 is 5.54. The van der Waals surface area contributed by atoms with Crippen molar-refractivity contribution >= 4 is 33.1 Å². The van der Waals surface area contributed by atoms with Gasteiger partial charge in [0.15, 0.2) is 0 Å². The first-order valence-corrected chi connectivity index (χ1v) is 6.62. The normalized spacial score (nSPS) is 10.6. The third-order valence-corrected chi connectivity index (χ3v) is 3.51. The quantitative estimate of drug-likeness (QED) is 0.583. The molecule has 0 amide bonds. The van der Waals surface area contributed by atoms with Crippen molar-refractivity contribution in [2.75, 3.05) is 5.73 Å². The summed E-state index contributed by atoms with van der Waals surface area (Å²) in [6.07, 6.45) is 0. The second-order valence-electron chi connectivity index (χ2n) is 3.35. The van der Waals surface area contributed by atoms with Crippen LogP contribution in [0.5, 0.6) is 0 Å². The minimum Gasteiger partial charge on any atom is -0.399 e. The molecule has 19 heavy (non-hydrogen) atoms. The van der Waals surface area contributed by atoms with E-state index in [-0.39, 0.29) is 67.3 Å². The summed E-state index contributed by atoms with van der Waals surface area (Å²) in [5.74, 6) is -0.0313. The van der Waals surface area contributed by atoms with E-state index in [9.17, 15) is 8.42 Å². The molecular weight excluding hydrogens is 315 g/mol. The van der Waals surface area contributed by atoms with E-state index in [4.69, 9.17) is 17.3 Å². The molecule has 2 rings (SSSR count). The summed E-state index contributed by atoms with van der Waals surface area (Å²) in [5, 5.41) is 7.23. The zero-order valence-corrected chi connectivity index (χ0v) is 14.7. The van der Waals surface area contributed by atoms with E-state index in [0.717, 1.165) is 0 Å². The predicted octanol–water partition coefficient (Wildman–Crippen LogP) is -0.890. The monoisotopic (exact) mass is 322 g/mol. The van der Waals surface area contributed by atoms with Crippen molar-refractivity contribution in [2.24, 2.45) is 0 Å². The van der Waals surface area contributed by atoms with Gasteiger partial charge in [-0.3, -0.25) is 0 Å². The number of anilines is 1. The first-order valence-electron chi connectivity index (χ1n) is 4.80. The Morgan fingerprint density at radius 1 is 1.05 bits per heavy atom. The summed E-state index contributed by atoms with van der Waals surface area (Å²) in [7, 11) is -3.82. The topological polar surface area (TPSA) is 100 Å². The number of nitrogen functional groups attached to an aromatic ring is 1. The molecule has 0 radical (unpaired) electrons. The maximum absolute atomic E-state index is 11.9. The van der Waals surface area contributed by atoms with Crippen LogP contribution in [0.25, 0.3) is 4.72 Å². The molecule has 6 nitrogen and oxygen atoms in total. The number of nitrogens with zero attached hydrogens (tertiary/aromatic N) is 3. The van der Waals surface area contributed by atoms with Crippen LogP contribution in [0.4, 0.5) is 11.5 Å². The van der Waals surface area contributed by atoms with Crippen molar-refractivity contribution in [3.05, 3.63) is 46.3 Å². The van der Waals surface area contributed by atoms with Crippen LogP contribution < -0.4 is 57.1 Å². The fraction of sp³-hybridized carbons (Fsp3) is 0. The van der Waals surface area contributed by atoms with E-state index in [0.29, 0.717) is 5.69 Å². The molecule has 94 valence electrons. The van der Waals surface area contributed by atoms with Gasteiger partial charge in [0, 0.05) is 5.69 Å². The molecule has 0 aliphatic rings. The van der Waals surface area contributed by atoms with E-state index < -0.39 is 10.0 Å². The van der Waals surface area contributed by atoms with Gasteiger partial charge < -0.3 is 15.6 Å². The maximum Gasteiger partial charge on any atom is 1.00 e. The number of rotatable bonds is 3. The molecule has 0 aliphatic heterocycles. The Hall–Kier alpha value is -0.224. The first-order chi connectivity index (χ1) is 8.47. The maximum atomic E-state index is 11.9. The van der Waals surface area contributed by atoms with Gasteiger partial charge in [-0.05, 0) is 36.1 Å². The van der Waals surface area contributed by atoms with E-state index in [1.165, 1.54) is 36.4 Å². The molecule has 0 unspecified atom stereocenters. The molecule has 0 atom stereocenters. The third kappa shape index (κ3) is 4.67. The molecule has 9 heteroatoms. The first kappa shape index (κ1) is 16.8. The number of hydrogen-bond acceptors (Lipinski definition) is 5. The largest absolute Gasteiger partial charge is 1.00 e. The average Bonchev–Trinajstić information content (AvgIpc) is 2.32. The Kier molecular flexibility index (Phi) is 6.18. The smallest absolute Gasteiger partial charge is 0.399 e. The van der Waals surface area contributed by atoms with Gasteiger partial charge >= 0.3 is 51.4 Å². The van der Waals surface area contributed by atoms with Crippen molar-refractivity contribution in [2.45, 2.75) is 4.90 Å². The SMILES string of the molecule is Nc1ccc(S(=O)(=O)[N-]c2ccc(Cl)nn2)cc1.[K+]. The van der Waals surface area contributed by atoms with Gasteiger partial charge in [0.1, 0.15) is 5.15 Å². The van der Waals surface area contributed by atoms with Crippen LogP contribution in [0.15, 0.2) is 41.3 Å². The third-order valence-electron chi connectivity index (χ3n) is 2.01. The van der Waals surface area contributed by atoms with Gasteiger partial charge in [0.2, 0.25) is 10.0 Å². The molecule has 2 aromatic rings. The van der Waals surface area contributed by atoms with Crippen LogP contribution in [-0.4, -0.2) is 18.6 Å². The second-order valence-corrected chi connectivity index (χ2v) is 5.34. The number of halogens is 1. The van der Waals surface area contributed by atoms with Crippen LogP contribution in [-0.2, 0) is 10.0 Å². The Bertz CT molecular complexity index is 646. The Morgan fingerprint density at radius 2 is 1.68 bits per heavy atom. The van der Waals surface area contributed by atoms with Crippen LogP contribution >= 0.6 is 11.6 Å². The molecule has 0 fully saturated rings. The van der Waals surface area contributed by atoms with Crippen LogP contribution in [0, 0.1) is 0 Å². The van der Waals surface area contributed by atoms with Crippen LogP contribution in [0.1, 0.15) is 0 Å². The summed E-state index contributed by atoms with van der Waals surface area (Å²) in [4.78, 5) is 0.0356. The van der Waals surface area contributed by atoms with Gasteiger partial charge in [-0.1, -0.05) is 17.7 Å². The Balaban J connectivity index is 0.00000180. The standard InChI is InChI=1S/C10H8ClN4O2S.K/c11-9-5-6-10(14-13-9)15-18(16,17)8-3-1-7(12)2-4-8;/h1-6H,12H2;/q-1;+1. The minimum absolute atomic E-state index is 0. The predicted molar refractivity (Wildman–Crippen MR) is 68.1 cm³/mol. The molecule has 0 saturated carbocycles. The Morgan fingerprint density at radius 3 is 2.21 bits per heavy atom. The molecule has 2 N–H and O–H groups in total. The molecule has 1 aromatic heterocycles. The summed E-state index contributed by atoms with van der Waals surface area (Å²) in [6.45, 7) is 0. The second kappa shape index (κ2) is 6.98. The fourth-order valence-electron chi connectivity index (χ4n) is 1.17. The number of nitrogens with two attached hydrogens (primary N) is 1.